The van der Waals surface area contributed by atoms with Gasteiger partial charge >= 0.3 is 0 Å². The molecule has 0 saturated heterocycles. The van der Waals surface area contributed by atoms with Crippen molar-refractivity contribution < 1.29 is 8.83 Å². The molecular formula is C52H32N2O2. The lowest BCUT2D eigenvalue weighted by atomic mass is 9.95. The van der Waals surface area contributed by atoms with E-state index < -0.39 is 0 Å². The molecule has 13 rings (SSSR count). The van der Waals surface area contributed by atoms with Crippen LogP contribution < -0.4 is 0 Å². The Morgan fingerprint density at radius 1 is 0.357 bits per heavy atom. The lowest BCUT2D eigenvalue weighted by molar-refractivity contribution is 0.670. The fourth-order valence-corrected chi connectivity index (χ4v) is 9.89. The van der Waals surface area contributed by atoms with E-state index in [4.69, 9.17) is 8.83 Å². The van der Waals surface area contributed by atoms with Crippen LogP contribution in [0, 0.1) is 0 Å². The monoisotopic (exact) mass is 716 g/mol. The van der Waals surface area contributed by atoms with Crippen molar-refractivity contribution in [2.45, 2.75) is 0 Å². The average Bonchev–Trinajstić information content (AvgIpc) is 3.98. The van der Waals surface area contributed by atoms with Gasteiger partial charge in [0.25, 0.3) is 0 Å². The first-order valence-corrected chi connectivity index (χ1v) is 19.2. The number of fused-ring (bicyclic) bond motifs is 17. The predicted molar refractivity (Wildman–Crippen MR) is 235 cm³/mol. The summed E-state index contributed by atoms with van der Waals surface area (Å²) in [7, 11) is 4.45. The van der Waals surface area contributed by atoms with Gasteiger partial charge in [0.1, 0.15) is 22.3 Å². The summed E-state index contributed by atoms with van der Waals surface area (Å²) >= 11 is 0. The number of furan rings is 2. The van der Waals surface area contributed by atoms with E-state index in [1.165, 1.54) is 65.2 Å². The Morgan fingerprint density at radius 3 is 1.23 bits per heavy atom. The maximum Gasteiger partial charge on any atom is 0.144 e. The van der Waals surface area contributed by atoms with Crippen LogP contribution in [0.3, 0.4) is 0 Å². The third kappa shape index (κ3) is 3.82. The van der Waals surface area contributed by atoms with Gasteiger partial charge in [-0.2, -0.15) is 0 Å². The molecule has 0 N–H and O–H groups in total. The van der Waals surface area contributed by atoms with Gasteiger partial charge < -0.3 is 18.0 Å². The van der Waals surface area contributed by atoms with Crippen molar-refractivity contribution in [2.24, 2.45) is 14.1 Å². The Labute approximate surface area is 320 Å². The van der Waals surface area contributed by atoms with Crippen LogP contribution in [0.25, 0.3) is 131 Å². The molecule has 4 heteroatoms. The van der Waals surface area contributed by atoms with Gasteiger partial charge in [0.05, 0.1) is 22.1 Å². The third-order valence-electron chi connectivity index (χ3n) is 12.5. The first-order chi connectivity index (χ1) is 27.6. The van der Waals surface area contributed by atoms with Crippen LogP contribution in [0.2, 0.25) is 0 Å². The molecule has 0 spiro atoms. The first-order valence-electron chi connectivity index (χ1n) is 19.2. The van der Waals surface area contributed by atoms with Crippen molar-refractivity contribution in [3.05, 3.63) is 158 Å². The minimum atomic E-state index is 0.898. The van der Waals surface area contributed by atoms with Crippen molar-refractivity contribution in [1.29, 1.82) is 0 Å². The molecule has 0 fully saturated rings. The smallest absolute Gasteiger partial charge is 0.144 e. The second-order valence-corrected chi connectivity index (χ2v) is 15.3. The lowest BCUT2D eigenvalue weighted by Crippen LogP contribution is -1.93. The highest BCUT2D eigenvalue weighted by Crippen LogP contribution is 2.49. The molecule has 0 saturated carbocycles. The van der Waals surface area contributed by atoms with Crippen LogP contribution in [0.15, 0.2) is 167 Å². The molecule has 262 valence electrons. The number of hydrogen-bond acceptors (Lipinski definition) is 2. The maximum absolute atomic E-state index is 6.81. The summed E-state index contributed by atoms with van der Waals surface area (Å²) in [4.78, 5) is 0. The zero-order chi connectivity index (χ0) is 36.8. The van der Waals surface area contributed by atoms with E-state index >= 15 is 0 Å². The van der Waals surface area contributed by atoms with Gasteiger partial charge in [0.2, 0.25) is 0 Å². The quantitative estimate of drug-likeness (QED) is 0.179. The Morgan fingerprint density at radius 2 is 0.768 bits per heavy atom. The van der Waals surface area contributed by atoms with Crippen LogP contribution in [0.5, 0.6) is 0 Å². The lowest BCUT2D eigenvalue weighted by Gasteiger charge is -2.08. The number of benzene rings is 9. The molecule has 13 aromatic rings. The summed E-state index contributed by atoms with van der Waals surface area (Å²) in [5.41, 5.74) is 12.9. The van der Waals surface area contributed by atoms with Crippen LogP contribution in [-0.2, 0) is 14.1 Å². The summed E-state index contributed by atoms with van der Waals surface area (Å²) in [5.74, 6) is 0. The SMILES string of the molecule is Cn1c2cc(-c3ccc4ccccc4c3)c3oc4ccccc4c3c2c2ccc3c4c5c(oc6ccccc65)c(-c5ccc6ccccc6c5)cc4n(C)c3c21. The molecule has 4 nitrogen and oxygen atoms in total. The van der Waals surface area contributed by atoms with Crippen molar-refractivity contribution in [1.82, 2.24) is 9.13 Å². The van der Waals surface area contributed by atoms with Gasteiger partial charge in [-0.05, 0) is 69.1 Å². The van der Waals surface area contributed by atoms with Gasteiger partial charge in [-0.3, -0.25) is 0 Å². The van der Waals surface area contributed by atoms with Crippen LogP contribution in [0.4, 0.5) is 0 Å². The summed E-state index contributed by atoms with van der Waals surface area (Å²) in [6.45, 7) is 0. The predicted octanol–water partition coefficient (Wildman–Crippen LogP) is 14.4. The average molecular weight is 717 g/mol. The highest BCUT2D eigenvalue weighted by molar-refractivity contribution is 6.36. The molecule has 0 aliphatic rings. The zero-order valence-corrected chi connectivity index (χ0v) is 30.7. The van der Waals surface area contributed by atoms with E-state index in [0.717, 1.165) is 66.1 Å². The molecule has 0 radical (unpaired) electrons. The molecule has 4 heterocycles. The maximum atomic E-state index is 6.81. The summed E-state index contributed by atoms with van der Waals surface area (Å²) in [6.07, 6.45) is 0. The Bertz CT molecular complexity index is 3600. The third-order valence-corrected chi connectivity index (χ3v) is 12.5. The molecule has 0 unspecified atom stereocenters. The standard InChI is InChI=1S/C52H32N2O2/c1-53-41-27-39(33-21-19-29-11-3-5-13-31(29)25-33)51-47(35-15-7-9-17-43(35)55-51)45(41)37-23-24-38-46-42(54(2)50(38)49(37)53)28-40(34-22-20-30-12-4-6-14-32(30)26-34)52-48(46)36-16-8-10-18-44(36)56-52/h3-28H,1-2H3. The van der Waals surface area contributed by atoms with E-state index in [0.29, 0.717) is 0 Å². The molecular weight excluding hydrogens is 685 g/mol. The minimum absolute atomic E-state index is 0.898. The molecule has 0 atom stereocenters. The van der Waals surface area contributed by atoms with E-state index in [1.807, 2.05) is 0 Å². The van der Waals surface area contributed by atoms with Gasteiger partial charge in [-0.15, -0.1) is 0 Å². The molecule has 0 amide bonds. The molecule has 9 aromatic carbocycles. The Hall–Kier alpha value is -7.30. The van der Waals surface area contributed by atoms with Crippen LogP contribution in [0.1, 0.15) is 0 Å². The molecule has 0 bridgehead atoms. The topological polar surface area (TPSA) is 36.1 Å². The van der Waals surface area contributed by atoms with Gasteiger partial charge in [-0.25, -0.2) is 0 Å². The van der Waals surface area contributed by atoms with E-state index in [9.17, 15) is 0 Å². The first kappa shape index (κ1) is 30.1. The number of nitrogens with zero attached hydrogens (tertiary/aromatic N) is 2. The van der Waals surface area contributed by atoms with Crippen LogP contribution >= 0.6 is 0 Å². The number of aryl methyl sites for hydroxylation is 2. The second-order valence-electron chi connectivity index (χ2n) is 15.3. The number of para-hydroxylation sites is 2. The van der Waals surface area contributed by atoms with Gasteiger partial charge in [0.15, 0.2) is 0 Å². The summed E-state index contributed by atoms with van der Waals surface area (Å²) in [6, 6.07) is 56.9. The van der Waals surface area contributed by atoms with Crippen molar-refractivity contribution >= 4 is 109 Å². The van der Waals surface area contributed by atoms with E-state index in [-0.39, 0.29) is 0 Å². The summed E-state index contributed by atoms with van der Waals surface area (Å²) in [5, 5.41) is 14.3. The highest BCUT2D eigenvalue weighted by atomic mass is 16.3. The Balaban J connectivity index is 1.19. The van der Waals surface area contributed by atoms with Crippen LogP contribution in [-0.4, -0.2) is 9.13 Å². The highest BCUT2D eigenvalue weighted by Gasteiger charge is 2.26. The molecule has 0 aliphatic heterocycles. The largest absolute Gasteiger partial charge is 0.455 e. The van der Waals surface area contributed by atoms with Crippen molar-refractivity contribution in [3.63, 3.8) is 0 Å². The molecule has 4 aromatic heterocycles. The van der Waals surface area contributed by atoms with E-state index in [1.54, 1.807) is 0 Å². The zero-order valence-electron chi connectivity index (χ0n) is 30.7. The van der Waals surface area contributed by atoms with Crippen molar-refractivity contribution in [2.75, 3.05) is 0 Å². The molecule has 0 aliphatic carbocycles. The number of rotatable bonds is 2. The fraction of sp³-hybridized carbons (Fsp3) is 0.0385. The Kier molecular flexibility index (Phi) is 5.73. The van der Waals surface area contributed by atoms with Crippen molar-refractivity contribution in [3.8, 4) is 22.3 Å². The molecule has 56 heavy (non-hydrogen) atoms. The normalized spacial score (nSPS) is 12.5. The van der Waals surface area contributed by atoms with Gasteiger partial charge in [0, 0.05) is 68.3 Å². The number of hydrogen-bond donors (Lipinski definition) is 0. The summed E-state index contributed by atoms with van der Waals surface area (Å²) < 4.78 is 18.4. The fourth-order valence-electron chi connectivity index (χ4n) is 9.89. The second kappa shape index (κ2) is 10.7. The minimum Gasteiger partial charge on any atom is -0.455 e. The van der Waals surface area contributed by atoms with E-state index in [2.05, 4.69) is 181 Å². The number of aromatic nitrogens is 2. The van der Waals surface area contributed by atoms with Gasteiger partial charge in [-0.1, -0.05) is 121 Å².